The van der Waals surface area contributed by atoms with Crippen molar-refractivity contribution >= 4 is 11.7 Å². The van der Waals surface area contributed by atoms with E-state index in [1.807, 2.05) is 24.0 Å². The first kappa shape index (κ1) is 21.4. The summed E-state index contributed by atoms with van der Waals surface area (Å²) in [5.41, 5.74) is 1.42. The van der Waals surface area contributed by atoms with E-state index in [2.05, 4.69) is 20.3 Å². The van der Waals surface area contributed by atoms with E-state index in [0.717, 1.165) is 42.7 Å². The first-order valence-corrected chi connectivity index (χ1v) is 10.8. The van der Waals surface area contributed by atoms with Gasteiger partial charge in [0, 0.05) is 36.2 Å². The van der Waals surface area contributed by atoms with Crippen molar-refractivity contribution in [3.63, 3.8) is 0 Å². The van der Waals surface area contributed by atoms with E-state index in [0.29, 0.717) is 17.2 Å². The highest BCUT2D eigenvalue weighted by Crippen LogP contribution is 2.41. The van der Waals surface area contributed by atoms with Crippen molar-refractivity contribution in [2.24, 2.45) is 0 Å². The van der Waals surface area contributed by atoms with Gasteiger partial charge >= 0.3 is 6.18 Å². The predicted octanol–water partition coefficient (Wildman–Crippen LogP) is 4.72. The lowest BCUT2D eigenvalue weighted by Gasteiger charge is -2.26. The lowest BCUT2D eigenvalue weighted by Crippen LogP contribution is -2.40. The van der Waals surface area contributed by atoms with E-state index < -0.39 is 11.7 Å². The van der Waals surface area contributed by atoms with Gasteiger partial charge in [-0.2, -0.15) is 13.2 Å². The molecule has 3 aromatic rings. The molecular weight excluding hydrogens is 431 g/mol. The molecule has 1 N–H and O–H groups in total. The lowest BCUT2D eigenvalue weighted by atomic mass is 9.95. The first-order chi connectivity index (χ1) is 15.8. The van der Waals surface area contributed by atoms with Gasteiger partial charge in [0.2, 0.25) is 0 Å². The lowest BCUT2D eigenvalue weighted by molar-refractivity contribution is -0.137. The third kappa shape index (κ3) is 3.92. The number of anilines is 1. The van der Waals surface area contributed by atoms with Crippen LogP contribution in [-0.4, -0.2) is 43.9 Å². The van der Waals surface area contributed by atoms with Crippen molar-refractivity contribution in [2.45, 2.75) is 50.5 Å². The normalized spacial score (nSPS) is 21.9. The van der Waals surface area contributed by atoms with E-state index in [9.17, 15) is 18.0 Å². The highest BCUT2D eigenvalue weighted by molar-refractivity contribution is 6.01. The summed E-state index contributed by atoms with van der Waals surface area (Å²) in [6.45, 7) is 1.93. The monoisotopic (exact) mass is 453 g/mol. The van der Waals surface area contributed by atoms with Crippen LogP contribution in [0.5, 0.6) is 0 Å². The number of rotatable bonds is 4. The molecule has 4 heterocycles. The number of amides is 1. The zero-order valence-electron chi connectivity index (χ0n) is 17.9. The second kappa shape index (κ2) is 8.13. The molecule has 1 amide bonds. The van der Waals surface area contributed by atoms with E-state index >= 15 is 0 Å². The summed E-state index contributed by atoms with van der Waals surface area (Å²) in [4.78, 5) is 28.3. The van der Waals surface area contributed by atoms with Crippen LogP contribution >= 0.6 is 0 Å². The Morgan fingerprint density at radius 2 is 1.85 bits per heavy atom. The smallest absolute Gasteiger partial charge is 0.365 e. The van der Waals surface area contributed by atoms with Gasteiger partial charge in [-0.1, -0.05) is 12.1 Å². The predicted molar refractivity (Wildman–Crippen MR) is 116 cm³/mol. The number of hydrogen-bond donors (Lipinski definition) is 1. The second-order valence-corrected chi connectivity index (χ2v) is 8.50. The minimum Gasteiger partial charge on any atom is -0.365 e. The Bertz CT molecular complexity index is 1170. The van der Waals surface area contributed by atoms with Gasteiger partial charge in [-0.15, -0.1) is 0 Å². The molecule has 2 aromatic heterocycles. The van der Waals surface area contributed by atoms with Crippen LogP contribution in [0.25, 0.3) is 11.4 Å². The van der Waals surface area contributed by atoms with Crippen molar-refractivity contribution in [3.8, 4) is 11.4 Å². The molecule has 170 valence electrons. The summed E-state index contributed by atoms with van der Waals surface area (Å²) < 4.78 is 38.5. The van der Waals surface area contributed by atoms with Crippen LogP contribution in [-0.2, 0) is 6.18 Å². The van der Waals surface area contributed by atoms with Crippen LogP contribution < -0.4 is 5.32 Å². The van der Waals surface area contributed by atoms with Gasteiger partial charge < -0.3 is 10.2 Å². The third-order valence-corrected chi connectivity index (χ3v) is 6.49. The molecule has 2 aliphatic rings. The highest BCUT2D eigenvalue weighted by atomic mass is 19.4. The number of alkyl halides is 3. The second-order valence-electron chi connectivity index (χ2n) is 8.50. The SMILES string of the molecule is Cc1cccc(C(=O)N2C3CCC2C(Nc2ccc(C(F)(F)F)cn2)C3)c1-c1ncccn1. The fourth-order valence-electron chi connectivity index (χ4n) is 5.01. The number of benzene rings is 1. The van der Waals surface area contributed by atoms with Crippen molar-refractivity contribution in [2.75, 3.05) is 5.32 Å². The zero-order valence-corrected chi connectivity index (χ0v) is 17.9. The van der Waals surface area contributed by atoms with Crippen LogP contribution in [0.15, 0.2) is 55.0 Å². The van der Waals surface area contributed by atoms with E-state index in [1.54, 1.807) is 24.5 Å². The maximum Gasteiger partial charge on any atom is 0.417 e. The molecule has 33 heavy (non-hydrogen) atoms. The molecule has 6 nitrogen and oxygen atoms in total. The minimum atomic E-state index is -4.42. The summed E-state index contributed by atoms with van der Waals surface area (Å²) in [5, 5.41) is 3.25. The van der Waals surface area contributed by atoms with E-state index in [-0.39, 0.29) is 24.0 Å². The topological polar surface area (TPSA) is 71.0 Å². The molecule has 5 rings (SSSR count). The first-order valence-electron chi connectivity index (χ1n) is 10.8. The Hall–Kier alpha value is -3.49. The number of halogens is 3. The molecule has 3 unspecified atom stereocenters. The zero-order chi connectivity index (χ0) is 23.2. The molecule has 0 radical (unpaired) electrons. The van der Waals surface area contributed by atoms with Crippen molar-refractivity contribution in [1.29, 1.82) is 0 Å². The van der Waals surface area contributed by atoms with E-state index in [4.69, 9.17) is 0 Å². The highest BCUT2D eigenvalue weighted by Gasteiger charge is 2.49. The molecule has 1 aromatic carbocycles. The van der Waals surface area contributed by atoms with Crippen molar-refractivity contribution in [3.05, 3.63) is 71.7 Å². The molecule has 2 fully saturated rings. The fourth-order valence-corrected chi connectivity index (χ4v) is 5.01. The quantitative estimate of drug-likeness (QED) is 0.619. The molecule has 2 aliphatic heterocycles. The van der Waals surface area contributed by atoms with Crippen LogP contribution in [0.3, 0.4) is 0 Å². The molecule has 0 aliphatic carbocycles. The Kier molecular flexibility index (Phi) is 5.26. The number of carbonyl (C=O) groups excluding carboxylic acids is 1. The number of hydrogen-bond acceptors (Lipinski definition) is 5. The van der Waals surface area contributed by atoms with Crippen molar-refractivity contribution in [1.82, 2.24) is 19.9 Å². The van der Waals surface area contributed by atoms with Gasteiger partial charge in [-0.3, -0.25) is 4.79 Å². The Morgan fingerprint density at radius 1 is 1.06 bits per heavy atom. The molecule has 2 saturated heterocycles. The number of nitrogens with one attached hydrogen (secondary N) is 1. The molecule has 0 spiro atoms. The summed E-state index contributed by atoms with van der Waals surface area (Å²) in [5.74, 6) is 0.814. The van der Waals surface area contributed by atoms with Gasteiger partial charge in [-0.05, 0) is 56.0 Å². The number of fused-ring (bicyclic) bond motifs is 2. The third-order valence-electron chi connectivity index (χ3n) is 6.49. The summed E-state index contributed by atoms with van der Waals surface area (Å²) >= 11 is 0. The average molecular weight is 453 g/mol. The number of aryl methyl sites for hydroxylation is 1. The minimum absolute atomic E-state index is 0.0587. The van der Waals surface area contributed by atoms with Gasteiger partial charge in [0.15, 0.2) is 5.82 Å². The van der Waals surface area contributed by atoms with Crippen LogP contribution in [0.4, 0.5) is 19.0 Å². The van der Waals surface area contributed by atoms with Gasteiger partial charge in [0.25, 0.3) is 5.91 Å². The number of pyridine rings is 1. The maximum absolute atomic E-state index is 13.7. The Labute approximate surface area is 188 Å². The Morgan fingerprint density at radius 3 is 2.55 bits per heavy atom. The van der Waals surface area contributed by atoms with E-state index in [1.165, 1.54) is 6.07 Å². The number of aromatic nitrogens is 3. The van der Waals surface area contributed by atoms with Crippen molar-refractivity contribution < 1.29 is 18.0 Å². The van der Waals surface area contributed by atoms with Gasteiger partial charge in [0.1, 0.15) is 5.82 Å². The average Bonchev–Trinajstić information content (AvgIpc) is 3.36. The maximum atomic E-state index is 13.7. The standard InChI is InChI=1S/C24H22F3N5O/c1-14-4-2-5-17(21(14)22-28-10-3-11-29-22)23(33)32-16-7-8-19(32)18(12-16)31-20-9-6-15(13-30-20)24(25,26)27/h2-6,9-11,13,16,18-19H,7-8,12H2,1H3,(H,30,31). The fraction of sp³-hybridized carbons (Fsp3) is 0.333. The molecule has 9 heteroatoms. The van der Waals surface area contributed by atoms with Gasteiger partial charge in [-0.25, -0.2) is 15.0 Å². The summed E-state index contributed by atoms with van der Waals surface area (Å²) in [7, 11) is 0. The molecule has 0 saturated carbocycles. The largest absolute Gasteiger partial charge is 0.417 e. The van der Waals surface area contributed by atoms with Crippen LogP contribution in [0, 0.1) is 6.92 Å². The molecular formula is C24H22F3N5O. The van der Waals surface area contributed by atoms with Crippen LogP contribution in [0.1, 0.15) is 40.7 Å². The number of nitrogens with zero attached hydrogens (tertiary/aromatic N) is 4. The molecule has 2 bridgehead atoms. The van der Waals surface area contributed by atoms with Crippen LogP contribution in [0.2, 0.25) is 0 Å². The Balaban J connectivity index is 1.39. The summed E-state index contributed by atoms with van der Waals surface area (Å²) in [6, 6.07) is 9.62. The number of carbonyl (C=O) groups is 1. The van der Waals surface area contributed by atoms with Gasteiger partial charge in [0.05, 0.1) is 17.2 Å². The molecule has 3 atom stereocenters. The summed E-state index contributed by atoms with van der Waals surface area (Å²) in [6.07, 6.45) is 2.17.